The summed E-state index contributed by atoms with van der Waals surface area (Å²) in [5.74, 6) is -0.328. The van der Waals surface area contributed by atoms with Crippen molar-refractivity contribution < 1.29 is 37.3 Å². The van der Waals surface area contributed by atoms with E-state index in [1.807, 2.05) is 21.1 Å². The van der Waals surface area contributed by atoms with Crippen molar-refractivity contribution in [2.45, 2.75) is 270 Å². The SMILES string of the molecule is CCCCCCC/C=C\C/C=C\CCCCCCCCCCCCCCOCC(COP(=O)([O-])OCC[N+](C)(C)C)OC(=O)CCCCCCCCCCCCCCCCCCCC. The third-order valence-corrected chi connectivity index (χ3v) is 13.2. The van der Waals surface area contributed by atoms with Crippen LogP contribution in [0.15, 0.2) is 24.3 Å². The fraction of sp³-hybridized carbons (Fsp3) is 0.909. The van der Waals surface area contributed by atoms with Crippen LogP contribution < -0.4 is 4.89 Å². The summed E-state index contributed by atoms with van der Waals surface area (Å²) < 4.78 is 34.8. The zero-order valence-electron chi connectivity index (χ0n) is 43.3. The van der Waals surface area contributed by atoms with Crippen LogP contribution >= 0.6 is 7.82 Å². The van der Waals surface area contributed by atoms with Gasteiger partial charge in [-0.3, -0.25) is 9.36 Å². The van der Waals surface area contributed by atoms with Crippen LogP contribution in [0.4, 0.5) is 0 Å². The number of phosphoric ester groups is 1. The van der Waals surface area contributed by atoms with Gasteiger partial charge in [-0.15, -0.1) is 0 Å². The van der Waals surface area contributed by atoms with Gasteiger partial charge < -0.3 is 27.9 Å². The van der Waals surface area contributed by atoms with Gasteiger partial charge in [0.2, 0.25) is 0 Å². The zero-order chi connectivity index (χ0) is 46.9. The van der Waals surface area contributed by atoms with Crippen molar-refractivity contribution in [3.63, 3.8) is 0 Å². The summed E-state index contributed by atoms with van der Waals surface area (Å²) in [5.41, 5.74) is 0. The number of esters is 1. The third kappa shape index (κ3) is 52.0. The molecule has 0 heterocycles. The van der Waals surface area contributed by atoms with E-state index < -0.39 is 13.9 Å². The number of rotatable bonds is 52. The van der Waals surface area contributed by atoms with Crippen LogP contribution in [-0.2, 0) is 27.9 Å². The highest BCUT2D eigenvalue weighted by Crippen LogP contribution is 2.38. The van der Waals surface area contributed by atoms with Crippen molar-refractivity contribution in [2.75, 3.05) is 54.1 Å². The second-order valence-corrected chi connectivity index (χ2v) is 21.4. The number of likely N-dealkylation sites (N-methyl/N-ethyl adjacent to an activating group) is 1. The van der Waals surface area contributed by atoms with Gasteiger partial charge in [0.05, 0.1) is 34.4 Å². The molecule has 9 heteroatoms. The number of ether oxygens (including phenoxy) is 2. The summed E-state index contributed by atoms with van der Waals surface area (Å²) in [6.45, 7) is 5.46. The highest BCUT2D eigenvalue weighted by Gasteiger charge is 2.20. The number of hydrogen-bond acceptors (Lipinski definition) is 7. The van der Waals surface area contributed by atoms with Gasteiger partial charge in [-0.1, -0.05) is 237 Å². The Labute approximate surface area is 398 Å². The van der Waals surface area contributed by atoms with Gasteiger partial charge in [-0.25, -0.2) is 0 Å². The van der Waals surface area contributed by atoms with Gasteiger partial charge in [-0.05, 0) is 44.9 Å². The monoisotopic (exact) mass is 926 g/mol. The lowest BCUT2D eigenvalue weighted by Crippen LogP contribution is -2.37. The predicted octanol–water partition coefficient (Wildman–Crippen LogP) is 16.5. The largest absolute Gasteiger partial charge is 0.756 e. The minimum absolute atomic E-state index is 0.0287. The summed E-state index contributed by atoms with van der Waals surface area (Å²) in [4.78, 5) is 25.2. The number of quaternary nitrogens is 1. The Kier molecular flexibility index (Phi) is 47.7. The minimum Gasteiger partial charge on any atom is -0.756 e. The molecular weight excluding hydrogens is 818 g/mol. The first kappa shape index (κ1) is 63.0. The van der Waals surface area contributed by atoms with Crippen LogP contribution in [0.5, 0.6) is 0 Å². The molecule has 0 fully saturated rings. The van der Waals surface area contributed by atoms with Gasteiger partial charge in [-0.2, -0.15) is 0 Å². The summed E-state index contributed by atoms with van der Waals surface area (Å²) >= 11 is 0. The normalized spacial score (nSPS) is 13.7. The van der Waals surface area contributed by atoms with Gasteiger partial charge in [0, 0.05) is 13.0 Å². The molecule has 2 unspecified atom stereocenters. The summed E-state index contributed by atoms with van der Waals surface area (Å²) in [6.07, 6.45) is 57.8. The lowest BCUT2D eigenvalue weighted by atomic mass is 10.0. The smallest absolute Gasteiger partial charge is 0.306 e. The van der Waals surface area contributed by atoms with E-state index in [0.29, 0.717) is 24.1 Å². The number of carbonyl (C=O) groups excluding carboxylic acids is 1. The standard InChI is InChI=1S/C55H108NO7P/c1-6-8-10-12-14-16-18-20-22-24-26-27-28-29-30-31-33-35-37-39-41-43-45-47-50-60-52-54(53-62-64(58,59)61-51-49-56(3,4)5)63-55(57)48-46-44-42-40-38-36-34-32-25-23-21-19-17-15-13-11-9-7-2/h18,20,24,26,54H,6-17,19,21-23,25,27-53H2,1-5H3/b20-18-,26-24-. The molecule has 0 rings (SSSR count). The molecule has 0 bridgehead atoms. The molecule has 0 aromatic heterocycles. The number of hydrogen-bond donors (Lipinski definition) is 0. The molecule has 0 saturated heterocycles. The van der Waals surface area contributed by atoms with Crippen LogP contribution in [0.2, 0.25) is 0 Å². The molecule has 0 aliphatic carbocycles. The molecule has 0 spiro atoms. The molecule has 0 aliphatic rings. The molecule has 8 nitrogen and oxygen atoms in total. The average Bonchev–Trinajstić information content (AvgIpc) is 3.25. The third-order valence-electron chi connectivity index (χ3n) is 12.3. The Morgan fingerprint density at radius 1 is 0.484 bits per heavy atom. The number of allylic oxidation sites excluding steroid dienone is 4. The van der Waals surface area contributed by atoms with Crippen LogP contribution in [0.3, 0.4) is 0 Å². The molecule has 0 amide bonds. The second kappa shape index (κ2) is 48.4. The average molecular weight is 926 g/mol. The van der Waals surface area contributed by atoms with Crippen molar-refractivity contribution in [3.05, 3.63) is 24.3 Å². The van der Waals surface area contributed by atoms with Crippen LogP contribution in [-0.4, -0.2) is 70.7 Å². The first-order valence-electron chi connectivity index (χ1n) is 27.6. The van der Waals surface area contributed by atoms with Crippen LogP contribution in [0.25, 0.3) is 0 Å². The Hall–Kier alpha value is -1.02. The first-order chi connectivity index (χ1) is 31.1. The Morgan fingerprint density at radius 3 is 1.27 bits per heavy atom. The Bertz CT molecular complexity index is 1080. The van der Waals surface area contributed by atoms with Crippen LogP contribution in [0, 0.1) is 0 Å². The highest BCUT2D eigenvalue weighted by atomic mass is 31.2. The second-order valence-electron chi connectivity index (χ2n) is 20.0. The van der Waals surface area contributed by atoms with E-state index in [2.05, 4.69) is 38.2 Å². The molecule has 0 saturated carbocycles. The molecule has 0 aromatic carbocycles. The molecule has 380 valence electrons. The predicted molar refractivity (Wildman–Crippen MR) is 273 cm³/mol. The van der Waals surface area contributed by atoms with Gasteiger partial charge in [0.15, 0.2) is 0 Å². The molecule has 64 heavy (non-hydrogen) atoms. The molecule has 0 N–H and O–H groups in total. The topological polar surface area (TPSA) is 94.1 Å². The van der Waals surface area contributed by atoms with Crippen molar-refractivity contribution >= 4 is 13.8 Å². The van der Waals surface area contributed by atoms with E-state index in [-0.39, 0.29) is 25.8 Å². The first-order valence-corrected chi connectivity index (χ1v) is 29.0. The fourth-order valence-corrected chi connectivity index (χ4v) is 8.72. The number of phosphoric acid groups is 1. The molecule has 0 aliphatic heterocycles. The maximum atomic E-state index is 12.8. The quantitative estimate of drug-likeness (QED) is 0.0197. The lowest BCUT2D eigenvalue weighted by molar-refractivity contribution is -0.870. The lowest BCUT2D eigenvalue weighted by Gasteiger charge is -2.28. The van der Waals surface area contributed by atoms with Gasteiger partial charge in [0.1, 0.15) is 19.3 Å². The number of nitrogens with zero attached hydrogens (tertiary/aromatic N) is 1. The molecule has 2 atom stereocenters. The Balaban J connectivity index is 4.06. The van der Waals surface area contributed by atoms with E-state index >= 15 is 0 Å². The van der Waals surface area contributed by atoms with E-state index in [0.717, 1.165) is 38.5 Å². The van der Waals surface area contributed by atoms with Crippen LogP contribution in [0.1, 0.15) is 264 Å². The summed E-state index contributed by atoms with van der Waals surface area (Å²) in [6, 6.07) is 0. The van der Waals surface area contributed by atoms with Crippen molar-refractivity contribution in [2.24, 2.45) is 0 Å². The zero-order valence-corrected chi connectivity index (χ0v) is 44.1. The highest BCUT2D eigenvalue weighted by molar-refractivity contribution is 7.45. The molecule has 0 radical (unpaired) electrons. The minimum atomic E-state index is -4.53. The van der Waals surface area contributed by atoms with Gasteiger partial charge >= 0.3 is 5.97 Å². The van der Waals surface area contributed by atoms with Crippen molar-refractivity contribution in [1.29, 1.82) is 0 Å². The van der Waals surface area contributed by atoms with Crippen molar-refractivity contribution in [3.8, 4) is 0 Å². The maximum Gasteiger partial charge on any atom is 0.306 e. The maximum absolute atomic E-state index is 12.8. The number of carbonyl (C=O) groups is 1. The summed E-state index contributed by atoms with van der Waals surface area (Å²) in [5, 5.41) is 0. The van der Waals surface area contributed by atoms with E-state index in [1.165, 1.54) is 205 Å². The molecule has 0 aromatic rings. The number of unbranched alkanes of at least 4 members (excludes halogenated alkanes) is 34. The summed E-state index contributed by atoms with van der Waals surface area (Å²) in [7, 11) is 1.37. The Morgan fingerprint density at radius 2 is 0.859 bits per heavy atom. The van der Waals surface area contributed by atoms with E-state index in [4.69, 9.17) is 18.5 Å². The van der Waals surface area contributed by atoms with Crippen molar-refractivity contribution in [1.82, 2.24) is 0 Å². The van der Waals surface area contributed by atoms with E-state index in [1.54, 1.807) is 0 Å². The molecular formula is C55H108NO7P. The van der Waals surface area contributed by atoms with Gasteiger partial charge in [0.25, 0.3) is 7.82 Å². The van der Waals surface area contributed by atoms with E-state index in [9.17, 15) is 14.3 Å². The fourth-order valence-electron chi connectivity index (χ4n) is 7.99.